The van der Waals surface area contributed by atoms with Crippen molar-refractivity contribution in [3.8, 4) is 0 Å². The van der Waals surface area contributed by atoms with Crippen LogP contribution in [0.2, 0.25) is 5.02 Å². The van der Waals surface area contributed by atoms with E-state index < -0.39 is 0 Å². The van der Waals surface area contributed by atoms with Gasteiger partial charge >= 0.3 is 0 Å². The van der Waals surface area contributed by atoms with E-state index in [4.69, 9.17) is 11.6 Å². The zero-order valence-corrected chi connectivity index (χ0v) is 10.2. The summed E-state index contributed by atoms with van der Waals surface area (Å²) in [4.78, 5) is 12.4. The van der Waals surface area contributed by atoms with E-state index in [1.54, 1.807) is 30.3 Å². The summed E-state index contributed by atoms with van der Waals surface area (Å²) in [6, 6.07) is 16.5. The summed E-state index contributed by atoms with van der Waals surface area (Å²) in [7, 11) is 0. The van der Waals surface area contributed by atoms with E-state index in [2.05, 4.69) is 6.20 Å². The average molecular weight is 255 g/mol. The zero-order valence-electron chi connectivity index (χ0n) is 9.43. The molecule has 87 valence electrons. The molecule has 1 radical (unpaired) electrons. The van der Waals surface area contributed by atoms with Crippen molar-refractivity contribution in [3.63, 3.8) is 0 Å². The molecule has 0 atom stereocenters. The molecule has 0 saturated heterocycles. The fourth-order valence-electron chi connectivity index (χ4n) is 1.94. The normalized spacial score (nSPS) is 10.7. The predicted molar refractivity (Wildman–Crippen MR) is 72.0 cm³/mol. The summed E-state index contributed by atoms with van der Waals surface area (Å²) in [6.07, 6.45) is 2.95. The lowest BCUT2D eigenvalue weighted by atomic mass is 10.2. The molecule has 0 bridgehead atoms. The topological polar surface area (TPSA) is 22.0 Å². The molecule has 2 nitrogen and oxygen atoms in total. The van der Waals surface area contributed by atoms with E-state index in [0.717, 1.165) is 10.9 Å². The number of carbonyl (C=O) groups excluding carboxylic acids is 1. The van der Waals surface area contributed by atoms with Gasteiger partial charge in [-0.15, -0.1) is 0 Å². The number of hydrogen-bond acceptors (Lipinski definition) is 1. The maximum atomic E-state index is 12.4. The Bertz CT molecular complexity index is 730. The summed E-state index contributed by atoms with van der Waals surface area (Å²) in [6.45, 7) is 0. The molecule has 0 fully saturated rings. The number of para-hydroxylation sites is 1. The van der Waals surface area contributed by atoms with Crippen LogP contribution in [0.1, 0.15) is 10.4 Å². The first-order valence-corrected chi connectivity index (χ1v) is 5.92. The van der Waals surface area contributed by atoms with Crippen molar-refractivity contribution in [2.45, 2.75) is 0 Å². The summed E-state index contributed by atoms with van der Waals surface area (Å²) < 4.78 is 1.50. The minimum Gasteiger partial charge on any atom is -0.274 e. The number of halogens is 1. The molecule has 0 aliphatic carbocycles. The van der Waals surface area contributed by atoms with E-state index >= 15 is 0 Å². The first kappa shape index (κ1) is 11.1. The smallest absolute Gasteiger partial charge is 0.264 e. The second kappa shape index (κ2) is 4.31. The minimum absolute atomic E-state index is 0.165. The van der Waals surface area contributed by atoms with Crippen LogP contribution in [0.5, 0.6) is 0 Å². The van der Waals surface area contributed by atoms with Crippen LogP contribution >= 0.6 is 11.6 Å². The lowest BCUT2D eigenvalue weighted by Gasteiger charge is -2.05. The molecular formula is C15H9ClNO. The van der Waals surface area contributed by atoms with Crippen LogP contribution in [-0.2, 0) is 0 Å². The second-order valence-electron chi connectivity index (χ2n) is 3.95. The van der Waals surface area contributed by atoms with Crippen LogP contribution < -0.4 is 0 Å². The molecule has 3 heteroatoms. The van der Waals surface area contributed by atoms with Crippen molar-refractivity contribution in [2.75, 3.05) is 0 Å². The number of carbonyl (C=O) groups is 1. The molecule has 0 spiro atoms. The van der Waals surface area contributed by atoms with E-state index in [1.165, 1.54) is 4.57 Å². The van der Waals surface area contributed by atoms with Gasteiger partial charge in [0, 0.05) is 5.39 Å². The number of benzene rings is 2. The minimum atomic E-state index is -0.165. The maximum absolute atomic E-state index is 12.4. The summed E-state index contributed by atoms with van der Waals surface area (Å²) in [5.74, 6) is -0.165. The third-order valence-electron chi connectivity index (χ3n) is 2.83. The van der Waals surface area contributed by atoms with Gasteiger partial charge in [-0.1, -0.05) is 41.9 Å². The predicted octanol–water partition coefficient (Wildman–Crippen LogP) is 3.78. The highest BCUT2D eigenvalue weighted by Crippen LogP contribution is 2.20. The van der Waals surface area contributed by atoms with Gasteiger partial charge in [-0.3, -0.25) is 9.36 Å². The van der Waals surface area contributed by atoms with Crippen LogP contribution in [0.15, 0.2) is 54.6 Å². The van der Waals surface area contributed by atoms with Gasteiger partial charge in [-0.2, -0.15) is 0 Å². The average Bonchev–Trinajstić information content (AvgIpc) is 2.82. The first-order valence-electron chi connectivity index (χ1n) is 5.55. The van der Waals surface area contributed by atoms with Crippen molar-refractivity contribution >= 4 is 28.4 Å². The van der Waals surface area contributed by atoms with Crippen molar-refractivity contribution in [2.24, 2.45) is 0 Å². The van der Waals surface area contributed by atoms with E-state index in [9.17, 15) is 4.79 Å². The summed E-state index contributed by atoms with van der Waals surface area (Å²) >= 11 is 6.04. The van der Waals surface area contributed by atoms with Gasteiger partial charge in [-0.25, -0.2) is 0 Å². The lowest BCUT2D eigenvalue weighted by molar-refractivity contribution is 0.0964. The standard InChI is InChI=1S/C15H9ClNO/c16-13-7-3-2-6-12(13)15(18)17-10-9-11-5-1-4-8-14(11)17/h1-9H. The van der Waals surface area contributed by atoms with Crippen LogP contribution in [-0.4, -0.2) is 10.5 Å². The van der Waals surface area contributed by atoms with E-state index in [1.807, 2.05) is 24.3 Å². The van der Waals surface area contributed by atoms with E-state index in [0.29, 0.717) is 10.6 Å². The molecule has 0 aliphatic rings. The number of hydrogen-bond donors (Lipinski definition) is 0. The summed E-state index contributed by atoms with van der Waals surface area (Å²) in [5.41, 5.74) is 1.32. The molecule has 1 aromatic heterocycles. The zero-order chi connectivity index (χ0) is 12.5. The van der Waals surface area contributed by atoms with Crippen molar-refractivity contribution in [1.29, 1.82) is 0 Å². The number of nitrogens with zero attached hydrogens (tertiary/aromatic N) is 1. The lowest BCUT2D eigenvalue weighted by Crippen LogP contribution is -2.11. The third-order valence-corrected chi connectivity index (χ3v) is 3.16. The van der Waals surface area contributed by atoms with Crippen LogP contribution in [0, 0.1) is 6.20 Å². The van der Waals surface area contributed by atoms with Gasteiger partial charge in [0.1, 0.15) is 0 Å². The number of aromatic nitrogens is 1. The maximum Gasteiger partial charge on any atom is 0.264 e. The SMILES string of the molecule is O=C(c1ccccc1Cl)n1[c]cc2ccccc21. The van der Waals surface area contributed by atoms with Gasteiger partial charge in [-0.05, 0) is 24.3 Å². The highest BCUT2D eigenvalue weighted by atomic mass is 35.5. The molecule has 0 amide bonds. The highest BCUT2D eigenvalue weighted by molar-refractivity contribution is 6.34. The van der Waals surface area contributed by atoms with Crippen molar-refractivity contribution in [3.05, 3.63) is 71.4 Å². The molecular weight excluding hydrogens is 246 g/mol. The Balaban J connectivity index is 2.16. The Labute approximate surface area is 109 Å². The number of rotatable bonds is 1. The Morgan fingerprint density at radius 1 is 1.06 bits per heavy atom. The Kier molecular flexibility index (Phi) is 2.65. The fourth-order valence-corrected chi connectivity index (χ4v) is 2.16. The monoisotopic (exact) mass is 254 g/mol. The van der Waals surface area contributed by atoms with E-state index in [-0.39, 0.29) is 5.91 Å². The molecule has 18 heavy (non-hydrogen) atoms. The quantitative estimate of drug-likeness (QED) is 0.648. The summed E-state index contributed by atoms with van der Waals surface area (Å²) in [5, 5.41) is 1.44. The van der Waals surface area contributed by atoms with Crippen LogP contribution in [0.4, 0.5) is 0 Å². The van der Waals surface area contributed by atoms with Crippen molar-refractivity contribution in [1.82, 2.24) is 4.57 Å². The fraction of sp³-hybridized carbons (Fsp3) is 0. The number of fused-ring (bicyclic) bond motifs is 1. The third kappa shape index (κ3) is 1.71. The van der Waals surface area contributed by atoms with Crippen LogP contribution in [0.3, 0.4) is 0 Å². The van der Waals surface area contributed by atoms with Crippen molar-refractivity contribution < 1.29 is 4.79 Å². The highest BCUT2D eigenvalue weighted by Gasteiger charge is 2.13. The Morgan fingerprint density at radius 2 is 1.78 bits per heavy atom. The van der Waals surface area contributed by atoms with Gasteiger partial charge in [0.2, 0.25) is 0 Å². The molecule has 0 unspecified atom stereocenters. The molecule has 2 aromatic carbocycles. The molecule has 1 heterocycles. The largest absolute Gasteiger partial charge is 0.274 e. The molecule has 0 aliphatic heterocycles. The second-order valence-corrected chi connectivity index (χ2v) is 4.36. The molecule has 3 aromatic rings. The van der Waals surface area contributed by atoms with Gasteiger partial charge in [0.15, 0.2) is 0 Å². The van der Waals surface area contributed by atoms with Gasteiger partial charge in [0.05, 0.1) is 22.3 Å². The Hall–Kier alpha value is -2.06. The molecule has 3 rings (SSSR count). The van der Waals surface area contributed by atoms with Crippen LogP contribution in [0.25, 0.3) is 10.9 Å². The molecule has 0 N–H and O–H groups in total. The van der Waals surface area contributed by atoms with Gasteiger partial charge in [0.25, 0.3) is 5.91 Å². The first-order chi connectivity index (χ1) is 8.77. The molecule has 0 saturated carbocycles. The Morgan fingerprint density at radius 3 is 2.61 bits per heavy atom. The van der Waals surface area contributed by atoms with Gasteiger partial charge < -0.3 is 0 Å².